The number of carbonyl (C=O) groups is 2. The van der Waals surface area contributed by atoms with Crippen molar-refractivity contribution in [3.05, 3.63) is 28.4 Å². The van der Waals surface area contributed by atoms with Gasteiger partial charge in [0.1, 0.15) is 12.7 Å². The molecule has 2 heterocycles. The highest BCUT2D eigenvalue weighted by Gasteiger charge is 2.58. The molecule has 1 aliphatic heterocycles. The summed E-state index contributed by atoms with van der Waals surface area (Å²) >= 11 is 0. The van der Waals surface area contributed by atoms with Gasteiger partial charge in [-0.15, -0.1) is 0 Å². The minimum atomic E-state index is -2.25. The highest BCUT2D eigenvalue weighted by atomic mass is 19.1. The minimum Gasteiger partial charge on any atom is -0.463 e. The lowest BCUT2D eigenvalue weighted by atomic mass is 9.98. The summed E-state index contributed by atoms with van der Waals surface area (Å²) in [4.78, 5) is 39.9. The van der Waals surface area contributed by atoms with Gasteiger partial charge < -0.3 is 14.2 Å². The number of alkyl halides is 1. The molecule has 8 nitrogen and oxygen atoms in total. The fraction of sp³-hybridized carbons (Fsp3) is 0.684. The van der Waals surface area contributed by atoms with Gasteiger partial charge in [-0.1, -0.05) is 27.7 Å². The van der Waals surface area contributed by atoms with Gasteiger partial charge >= 0.3 is 17.6 Å². The van der Waals surface area contributed by atoms with Crippen molar-refractivity contribution < 1.29 is 28.2 Å². The minimum absolute atomic E-state index is 0.308. The Hall–Kier alpha value is -2.29. The van der Waals surface area contributed by atoms with Crippen molar-refractivity contribution in [1.82, 2.24) is 9.55 Å². The first-order valence-corrected chi connectivity index (χ1v) is 9.22. The molecule has 2 rings (SSSR count). The standard InChI is InChI=1S/C19H27FN2O6/c1-10(2)15(23)26-9-13-14(28-16(24)11(3)4)19(6,20)17(27-13)22-8-7-12(5)21-18(22)25/h7-8,10-11,13-14,17H,9H2,1-6H3/t13?,14-,17-,19-/m1/s1. The second-order valence-electron chi connectivity index (χ2n) is 7.73. The van der Waals surface area contributed by atoms with Crippen LogP contribution >= 0.6 is 0 Å². The fourth-order valence-electron chi connectivity index (χ4n) is 2.80. The molecule has 9 heteroatoms. The molecule has 156 valence electrons. The highest BCUT2D eigenvalue weighted by Crippen LogP contribution is 2.42. The Kier molecular flexibility index (Phi) is 6.59. The van der Waals surface area contributed by atoms with E-state index in [0.717, 1.165) is 4.57 Å². The second kappa shape index (κ2) is 8.38. The topological polar surface area (TPSA) is 96.7 Å². The molecule has 1 unspecified atom stereocenters. The van der Waals surface area contributed by atoms with Crippen molar-refractivity contribution in [1.29, 1.82) is 0 Å². The lowest BCUT2D eigenvalue weighted by Gasteiger charge is -2.28. The van der Waals surface area contributed by atoms with E-state index in [0.29, 0.717) is 5.69 Å². The number of esters is 2. The first-order valence-electron chi connectivity index (χ1n) is 9.22. The number of hydrogen-bond donors (Lipinski definition) is 0. The molecule has 0 N–H and O–H groups in total. The summed E-state index contributed by atoms with van der Waals surface area (Å²) in [7, 11) is 0. The predicted octanol–water partition coefficient (Wildman–Crippen LogP) is 1.94. The van der Waals surface area contributed by atoms with E-state index in [9.17, 15) is 14.4 Å². The summed E-state index contributed by atoms with van der Waals surface area (Å²) in [6, 6.07) is 1.54. The summed E-state index contributed by atoms with van der Waals surface area (Å²) in [5.41, 5.74) is -2.46. The van der Waals surface area contributed by atoms with Gasteiger partial charge in [0, 0.05) is 11.9 Å². The molecular formula is C19H27FN2O6. The number of carbonyl (C=O) groups excluding carboxylic acids is 2. The number of aryl methyl sites for hydroxylation is 1. The smallest absolute Gasteiger partial charge is 0.349 e. The zero-order chi connectivity index (χ0) is 21.2. The Labute approximate surface area is 163 Å². The van der Waals surface area contributed by atoms with Crippen molar-refractivity contribution in [2.75, 3.05) is 6.61 Å². The summed E-state index contributed by atoms with van der Waals surface area (Å²) in [5, 5.41) is 0. The van der Waals surface area contributed by atoms with Crippen molar-refractivity contribution in [3.63, 3.8) is 0 Å². The van der Waals surface area contributed by atoms with Crippen molar-refractivity contribution in [3.8, 4) is 0 Å². The Morgan fingerprint density at radius 3 is 2.43 bits per heavy atom. The lowest BCUT2D eigenvalue weighted by Crippen LogP contribution is -2.46. The molecule has 1 aromatic rings. The van der Waals surface area contributed by atoms with Crippen LogP contribution in [0, 0.1) is 18.8 Å². The van der Waals surface area contributed by atoms with Gasteiger partial charge in [-0.2, -0.15) is 4.98 Å². The zero-order valence-electron chi connectivity index (χ0n) is 17.0. The van der Waals surface area contributed by atoms with E-state index < -0.39 is 47.7 Å². The number of aromatic nitrogens is 2. The number of halogens is 1. The maximum absolute atomic E-state index is 15.7. The second-order valence-corrected chi connectivity index (χ2v) is 7.73. The molecule has 4 atom stereocenters. The molecule has 1 saturated heterocycles. The molecule has 0 bridgehead atoms. The predicted molar refractivity (Wildman–Crippen MR) is 97.2 cm³/mol. The molecule has 0 saturated carbocycles. The number of hydrogen-bond acceptors (Lipinski definition) is 7. The van der Waals surface area contributed by atoms with Crippen LogP contribution in [0.3, 0.4) is 0 Å². The van der Waals surface area contributed by atoms with Crippen molar-refractivity contribution in [2.45, 2.75) is 65.6 Å². The third kappa shape index (κ3) is 4.57. The van der Waals surface area contributed by atoms with Crippen molar-refractivity contribution in [2.24, 2.45) is 11.8 Å². The summed E-state index contributed by atoms with van der Waals surface area (Å²) in [6.45, 7) is 9.07. The van der Waals surface area contributed by atoms with Gasteiger partial charge in [-0.25, -0.2) is 9.18 Å². The summed E-state index contributed by atoms with van der Waals surface area (Å²) in [5.74, 6) is -1.98. The van der Waals surface area contributed by atoms with E-state index in [1.54, 1.807) is 40.7 Å². The van der Waals surface area contributed by atoms with Crippen LogP contribution in [0.4, 0.5) is 4.39 Å². The summed E-state index contributed by atoms with van der Waals surface area (Å²) in [6.07, 6.45) is -2.45. The van der Waals surface area contributed by atoms with Gasteiger partial charge in [0.15, 0.2) is 18.0 Å². The fourth-order valence-corrected chi connectivity index (χ4v) is 2.80. The molecular weight excluding hydrogens is 371 g/mol. The number of ether oxygens (including phenoxy) is 3. The van der Waals surface area contributed by atoms with Crippen LogP contribution in [-0.2, 0) is 23.8 Å². The van der Waals surface area contributed by atoms with Crippen LogP contribution in [-0.4, -0.2) is 46.0 Å². The van der Waals surface area contributed by atoms with E-state index >= 15 is 4.39 Å². The third-order valence-corrected chi connectivity index (χ3v) is 4.48. The molecule has 0 spiro atoms. The lowest BCUT2D eigenvalue weighted by molar-refractivity contribution is -0.165. The van der Waals surface area contributed by atoms with E-state index in [4.69, 9.17) is 14.2 Å². The Morgan fingerprint density at radius 1 is 1.29 bits per heavy atom. The molecule has 0 amide bonds. The SMILES string of the molecule is Cc1ccn([C@@H]2OC(COC(=O)C(C)C)[C@@H](OC(=O)C(C)C)[C@@]2(C)F)c(=O)n1. The molecule has 28 heavy (non-hydrogen) atoms. The molecule has 1 aliphatic rings. The van der Waals surface area contributed by atoms with Gasteiger partial charge in [-0.05, 0) is 19.9 Å². The number of nitrogens with zero attached hydrogens (tertiary/aromatic N) is 2. The average molecular weight is 398 g/mol. The molecule has 1 aromatic heterocycles. The van der Waals surface area contributed by atoms with Crippen LogP contribution in [0.15, 0.2) is 17.1 Å². The van der Waals surface area contributed by atoms with E-state index in [2.05, 4.69) is 4.98 Å². The monoisotopic (exact) mass is 398 g/mol. The van der Waals surface area contributed by atoms with Crippen LogP contribution < -0.4 is 5.69 Å². The van der Waals surface area contributed by atoms with Crippen LogP contribution in [0.25, 0.3) is 0 Å². The van der Waals surface area contributed by atoms with E-state index in [1.165, 1.54) is 13.1 Å². The van der Waals surface area contributed by atoms with Gasteiger partial charge in [0.05, 0.1) is 11.8 Å². The third-order valence-electron chi connectivity index (χ3n) is 4.48. The first kappa shape index (κ1) is 22.0. The Balaban J connectivity index is 2.34. The molecule has 0 aromatic carbocycles. The van der Waals surface area contributed by atoms with Crippen LogP contribution in [0.1, 0.15) is 46.5 Å². The molecule has 1 fully saturated rings. The van der Waals surface area contributed by atoms with Gasteiger partial charge in [-0.3, -0.25) is 14.2 Å². The van der Waals surface area contributed by atoms with Crippen molar-refractivity contribution >= 4 is 11.9 Å². The molecule has 0 aliphatic carbocycles. The Bertz CT molecular complexity index is 789. The van der Waals surface area contributed by atoms with Gasteiger partial charge in [0.2, 0.25) is 0 Å². The van der Waals surface area contributed by atoms with E-state index in [-0.39, 0.29) is 12.5 Å². The van der Waals surface area contributed by atoms with Gasteiger partial charge in [0.25, 0.3) is 0 Å². The molecule has 0 radical (unpaired) electrons. The maximum Gasteiger partial charge on any atom is 0.349 e. The van der Waals surface area contributed by atoms with E-state index in [1.807, 2.05) is 0 Å². The highest BCUT2D eigenvalue weighted by molar-refractivity contribution is 5.72. The first-order chi connectivity index (χ1) is 12.9. The van der Waals surface area contributed by atoms with Crippen LogP contribution in [0.5, 0.6) is 0 Å². The maximum atomic E-state index is 15.7. The van der Waals surface area contributed by atoms with Crippen LogP contribution in [0.2, 0.25) is 0 Å². The zero-order valence-corrected chi connectivity index (χ0v) is 17.0. The normalized spacial score (nSPS) is 27.2. The summed E-state index contributed by atoms with van der Waals surface area (Å²) < 4.78 is 32.9. The quantitative estimate of drug-likeness (QED) is 0.676. The Morgan fingerprint density at radius 2 is 1.89 bits per heavy atom. The largest absolute Gasteiger partial charge is 0.463 e. The number of rotatable bonds is 6. The average Bonchev–Trinajstić information content (AvgIpc) is 2.83.